The van der Waals surface area contributed by atoms with E-state index >= 15 is 0 Å². The highest BCUT2D eigenvalue weighted by molar-refractivity contribution is 7.99. The Kier molecular flexibility index (Phi) is 5.34. The van der Waals surface area contributed by atoms with Gasteiger partial charge in [0.2, 0.25) is 0 Å². The van der Waals surface area contributed by atoms with Crippen LogP contribution in [0.5, 0.6) is 0 Å². The van der Waals surface area contributed by atoms with Crippen LogP contribution in [0.25, 0.3) is 0 Å². The Morgan fingerprint density at radius 2 is 2.24 bits per heavy atom. The van der Waals surface area contributed by atoms with Crippen LogP contribution in [-0.4, -0.2) is 38.4 Å². The number of nitrogens with one attached hydrogen (secondary N) is 2. The minimum absolute atomic E-state index is 0.224. The second-order valence-corrected chi connectivity index (χ2v) is 5.12. The summed E-state index contributed by atoms with van der Waals surface area (Å²) in [5, 5.41) is 10.9. The standard InChI is InChI=1S/C12H18N6O2S/c1-4-13-8-6-10(15-9(14-8)7-20-3)21-12-17-16-11(19)18(12)5-2/h6H,4-5,7H2,1-3H3,(H,16,19)(H,13,14,15). The largest absolute Gasteiger partial charge is 0.377 e. The summed E-state index contributed by atoms with van der Waals surface area (Å²) in [4.78, 5) is 20.3. The van der Waals surface area contributed by atoms with Gasteiger partial charge < -0.3 is 10.1 Å². The average molecular weight is 310 g/mol. The van der Waals surface area contributed by atoms with Gasteiger partial charge >= 0.3 is 5.69 Å². The van der Waals surface area contributed by atoms with Crippen LogP contribution in [-0.2, 0) is 17.9 Å². The molecule has 8 nitrogen and oxygen atoms in total. The van der Waals surface area contributed by atoms with Gasteiger partial charge in [-0.25, -0.2) is 19.9 Å². The third-order valence-electron chi connectivity index (χ3n) is 2.62. The molecular weight excluding hydrogens is 292 g/mol. The Labute approximate surface area is 126 Å². The zero-order valence-electron chi connectivity index (χ0n) is 12.2. The third kappa shape index (κ3) is 3.82. The first-order chi connectivity index (χ1) is 10.2. The molecule has 2 rings (SSSR count). The van der Waals surface area contributed by atoms with Gasteiger partial charge in [-0.2, -0.15) is 0 Å². The van der Waals surface area contributed by atoms with E-state index < -0.39 is 0 Å². The van der Waals surface area contributed by atoms with Gasteiger partial charge in [-0.3, -0.25) is 4.57 Å². The summed E-state index contributed by atoms with van der Waals surface area (Å²) in [5.74, 6) is 1.31. The van der Waals surface area contributed by atoms with Crippen LogP contribution in [0.2, 0.25) is 0 Å². The Hall–Kier alpha value is -1.87. The highest BCUT2D eigenvalue weighted by Gasteiger charge is 2.11. The molecule has 114 valence electrons. The number of H-pyrrole nitrogens is 1. The fraction of sp³-hybridized carbons (Fsp3) is 0.500. The van der Waals surface area contributed by atoms with E-state index in [2.05, 4.69) is 25.5 Å². The predicted molar refractivity (Wildman–Crippen MR) is 79.6 cm³/mol. The lowest BCUT2D eigenvalue weighted by Crippen LogP contribution is -2.16. The van der Waals surface area contributed by atoms with Crippen LogP contribution in [0.1, 0.15) is 19.7 Å². The smallest absolute Gasteiger partial charge is 0.343 e. The normalized spacial score (nSPS) is 10.8. The zero-order chi connectivity index (χ0) is 15.2. The molecular formula is C12H18N6O2S. The predicted octanol–water partition coefficient (Wildman–Crippen LogP) is 1.11. The summed E-state index contributed by atoms with van der Waals surface area (Å²) in [7, 11) is 1.60. The molecule has 0 unspecified atom stereocenters. The molecule has 2 heterocycles. The number of hydrogen-bond acceptors (Lipinski definition) is 7. The molecule has 0 radical (unpaired) electrons. The van der Waals surface area contributed by atoms with Gasteiger partial charge in [0.25, 0.3) is 0 Å². The molecule has 0 aliphatic heterocycles. The van der Waals surface area contributed by atoms with Crippen LogP contribution >= 0.6 is 11.8 Å². The Balaban J connectivity index is 2.31. The summed E-state index contributed by atoms with van der Waals surface area (Å²) >= 11 is 1.31. The maximum Gasteiger partial charge on any atom is 0.343 e. The summed E-state index contributed by atoms with van der Waals surface area (Å²) in [6.07, 6.45) is 0. The van der Waals surface area contributed by atoms with E-state index in [0.717, 1.165) is 12.4 Å². The number of aromatic nitrogens is 5. The highest BCUT2D eigenvalue weighted by atomic mass is 32.2. The number of rotatable bonds is 7. The van der Waals surface area contributed by atoms with Gasteiger partial charge in [0.15, 0.2) is 11.0 Å². The van der Waals surface area contributed by atoms with Crippen LogP contribution in [0, 0.1) is 0 Å². The Morgan fingerprint density at radius 3 is 2.90 bits per heavy atom. The summed E-state index contributed by atoms with van der Waals surface area (Å²) in [6.45, 7) is 5.52. The maximum absolute atomic E-state index is 11.6. The molecule has 0 saturated carbocycles. The first-order valence-corrected chi connectivity index (χ1v) is 7.43. The first-order valence-electron chi connectivity index (χ1n) is 6.61. The fourth-order valence-electron chi connectivity index (χ4n) is 1.74. The molecule has 9 heteroatoms. The average Bonchev–Trinajstić information content (AvgIpc) is 2.79. The fourth-order valence-corrected chi connectivity index (χ4v) is 2.67. The van der Waals surface area contributed by atoms with Gasteiger partial charge in [-0.1, -0.05) is 0 Å². The quantitative estimate of drug-likeness (QED) is 0.739. The van der Waals surface area contributed by atoms with Gasteiger partial charge in [-0.05, 0) is 25.6 Å². The lowest BCUT2D eigenvalue weighted by molar-refractivity contribution is 0.177. The molecule has 21 heavy (non-hydrogen) atoms. The van der Waals surface area contributed by atoms with Crippen molar-refractivity contribution < 1.29 is 4.74 Å². The van der Waals surface area contributed by atoms with E-state index in [1.54, 1.807) is 11.7 Å². The van der Waals surface area contributed by atoms with Crippen molar-refractivity contribution in [1.29, 1.82) is 0 Å². The molecule has 0 aromatic carbocycles. The number of anilines is 1. The highest BCUT2D eigenvalue weighted by Crippen LogP contribution is 2.25. The number of nitrogens with zero attached hydrogens (tertiary/aromatic N) is 4. The summed E-state index contributed by atoms with van der Waals surface area (Å²) < 4.78 is 6.63. The lowest BCUT2D eigenvalue weighted by atomic mass is 10.5. The van der Waals surface area contributed by atoms with Crippen molar-refractivity contribution in [2.45, 2.75) is 37.2 Å². The SMILES string of the molecule is CCNc1cc(Sc2n[nH]c(=O)n2CC)nc(COC)n1. The minimum Gasteiger partial charge on any atom is -0.377 e. The van der Waals surface area contributed by atoms with Crippen molar-refractivity contribution in [2.24, 2.45) is 0 Å². The summed E-state index contributed by atoms with van der Waals surface area (Å²) in [5.41, 5.74) is -0.224. The van der Waals surface area contributed by atoms with E-state index in [1.807, 2.05) is 19.9 Å². The summed E-state index contributed by atoms with van der Waals surface area (Å²) in [6, 6.07) is 1.83. The Morgan fingerprint density at radius 1 is 1.43 bits per heavy atom. The number of ether oxygens (including phenoxy) is 1. The lowest BCUT2D eigenvalue weighted by Gasteiger charge is -2.08. The van der Waals surface area contributed by atoms with Crippen molar-refractivity contribution in [3.8, 4) is 0 Å². The van der Waals surface area contributed by atoms with Crippen LogP contribution in [0.3, 0.4) is 0 Å². The maximum atomic E-state index is 11.6. The third-order valence-corrected chi connectivity index (χ3v) is 3.53. The van der Waals surface area contributed by atoms with E-state index in [9.17, 15) is 4.79 Å². The van der Waals surface area contributed by atoms with Crippen LogP contribution in [0.15, 0.2) is 21.0 Å². The molecule has 2 aromatic heterocycles. The second kappa shape index (κ2) is 7.23. The molecule has 0 atom stereocenters. The van der Waals surface area contributed by atoms with E-state index in [-0.39, 0.29) is 5.69 Å². The molecule has 0 bridgehead atoms. The zero-order valence-corrected chi connectivity index (χ0v) is 13.0. The van der Waals surface area contributed by atoms with Gasteiger partial charge in [0.05, 0.1) is 0 Å². The van der Waals surface area contributed by atoms with Gasteiger partial charge in [0.1, 0.15) is 17.5 Å². The van der Waals surface area contributed by atoms with E-state index in [4.69, 9.17) is 4.74 Å². The van der Waals surface area contributed by atoms with Gasteiger partial charge in [-0.15, -0.1) is 5.10 Å². The molecule has 0 aliphatic rings. The van der Waals surface area contributed by atoms with Crippen molar-refractivity contribution in [1.82, 2.24) is 24.7 Å². The molecule has 2 N–H and O–H groups in total. The molecule has 0 saturated heterocycles. The number of methoxy groups -OCH3 is 1. The van der Waals surface area contributed by atoms with Crippen molar-refractivity contribution >= 4 is 17.6 Å². The molecule has 0 amide bonds. The Bertz CT molecular complexity index is 629. The van der Waals surface area contributed by atoms with Crippen LogP contribution in [0.4, 0.5) is 5.82 Å². The number of hydrogen-bond donors (Lipinski definition) is 2. The van der Waals surface area contributed by atoms with Crippen molar-refractivity contribution in [3.63, 3.8) is 0 Å². The topological polar surface area (TPSA) is 97.7 Å². The van der Waals surface area contributed by atoms with Crippen molar-refractivity contribution in [3.05, 3.63) is 22.4 Å². The molecule has 2 aromatic rings. The van der Waals surface area contributed by atoms with Gasteiger partial charge in [0, 0.05) is 26.3 Å². The van der Waals surface area contributed by atoms with Crippen molar-refractivity contribution in [2.75, 3.05) is 19.0 Å². The minimum atomic E-state index is -0.224. The monoisotopic (exact) mass is 310 g/mol. The first kappa shape index (κ1) is 15.5. The number of aromatic amines is 1. The van der Waals surface area contributed by atoms with Crippen LogP contribution < -0.4 is 11.0 Å². The molecule has 0 spiro atoms. The second-order valence-electron chi connectivity index (χ2n) is 4.13. The molecule has 0 fully saturated rings. The van der Waals surface area contributed by atoms with E-state index in [1.165, 1.54) is 11.8 Å². The molecule has 0 aliphatic carbocycles. The van der Waals surface area contributed by atoms with E-state index in [0.29, 0.717) is 29.2 Å².